The molecule has 0 saturated carbocycles. The van der Waals surface area contributed by atoms with Crippen LogP contribution in [-0.2, 0) is 10.0 Å². The van der Waals surface area contributed by atoms with Gasteiger partial charge in [-0.05, 0) is 18.6 Å². The molecule has 1 aliphatic heterocycles. The maximum absolute atomic E-state index is 12.0. The van der Waals surface area contributed by atoms with E-state index < -0.39 is 16.1 Å². The predicted molar refractivity (Wildman–Crippen MR) is 67.6 cm³/mol. The van der Waals surface area contributed by atoms with Crippen molar-refractivity contribution in [1.29, 1.82) is 0 Å². The van der Waals surface area contributed by atoms with Gasteiger partial charge >= 0.3 is 6.09 Å². The number of likely N-dealkylation sites (tertiary alicyclic amines) is 1. The van der Waals surface area contributed by atoms with Gasteiger partial charge in [0.2, 0.25) is 10.0 Å². The zero-order chi connectivity index (χ0) is 14.0. The maximum Gasteiger partial charge on any atom is 0.407 e. The Balaban J connectivity index is 2.03. The largest absolute Gasteiger partial charge is 0.465 e. The van der Waals surface area contributed by atoms with Gasteiger partial charge in [-0.25, -0.2) is 22.9 Å². The number of aromatic nitrogens is 1. The van der Waals surface area contributed by atoms with Gasteiger partial charge in [0.1, 0.15) is 10.0 Å². The van der Waals surface area contributed by atoms with Gasteiger partial charge in [-0.1, -0.05) is 11.6 Å². The quantitative estimate of drug-likeness (QED) is 0.800. The number of nitrogens with zero attached hydrogens (tertiary/aromatic N) is 2. The minimum absolute atomic E-state index is 0.0276. The Morgan fingerprint density at radius 1 is 1.63 bits per heavy atom. The number of pyridine rings is 1. The summed E-state index contributed by atoms with van der Waals surface area (Å²) in [6, 6.07) is 2.48. The van der Waals surface area contributed by atoms with Crippen molar-refractivity contribution in [2.45, 2.75) is 17.4 Å². The molecule has 104 valence electrons. The van der Waals surface area contributed by atoms with Gasteiger partial charge in [0.05, 0.1) is 6.04 Å². The third kappa shape index (κ3) is 2.96. The van der Waals surface area contributed by atoms with E-state index in [1.165, 1.54) is 23.2 Å². The minimum atomic E-state index is -3.78. The van der Waals surface area contributed by atoms with Gasteiger partial charge in [-0.3, -0.25) is 0 Å². The zero-order valence-corrected chi connectivity index (χ0v) is 11.4. The van der Waals surface area contributed by atoms with Crippen LogP contribution >= 0.6 is 11.6 Å². The molecule has 2 heterocycles. The normalized spacial score (nSPS) is 19.0. The van der Waals surface area contributed by atoms with Crippen molar-refractivity contribution < 1.29 is 18.3 Å². The van der Waals surface area contributed by atoms with Crippen molar-refractivity contribution >= 4 is 27.7 Å². The van der Waals surface area contributed by atoms with Crippen LogP contribution in [-0.4, -0.2) is 48.6 Å². The highest BCUT2D eigenvalue weighted by molar-refractivity contribution is 7.89. The molecule has 0 aliphatic carbocycles. The Morgan fingerprint density at radius 2 is 2.37 bits per heavy atom. The van der Waals surface area contributed by atoms with Crippen LogP contribution in [0.4, 0.5) is 4.79 Å². The smallest absolute Gasteiger partial charge is 0.407 e. The van der Waals surface area contributed by atoms with E-state index in [1.807, 2.05) is 0 Å². The molecule has 2 rings (SSSR count). The molecule has 1 aromatic heterocycles. The van der Waals surface area contributed by atoms with E-state index in [1.54, 1.807) is 0 Å². The molecule has 19 heavy (non-hydrogen) atoms. The number of carboxylic acid groups (broad SMARTS) is 1. The molecule has 1 fully saturated rings. The van der Waals surface area contributed by atoms with E-state index in [-0.39, 0.29) is 22.6 Å². The summed E-state index contributed by atoms with van der Waals surface area (Å²) >= 11 is 5.72. The summed E-state index contributed by atoms with van der Waals surface area (Å²) in [6.07, 6.45) is 0.976. The lowest BCUT2D eigenvalue weighted by molar-refractivity contribution is 0.0775. The lowest BCUT2D eigenvalue weighted by Crippen LogP contribution is -2.55. The first-order valence-electron chi connectivity index (χ1n) is 5.51. The van der Waals surface area contributed by atoms with Crippen LogP contribution in [0.25, 0.3) is 0 Å². The van der Waals surface area contributed by atoms with Crippen LogP contribution in [0.1, 0.15) is 6.42 Å². The highest BCUT2D eigenvalue weighted by Crippen LogP contribution is 2.20. The fourth-order valence-corrected chi connectivity index (χ4v) is 3.28. The van der Waals surface area contributed by atoms with Crippen LogP contribution in [0, 0.1) is 0 Å². The Bertz CT molecular complexity index is 592. The number of hydrogen-bond acceptors (Lipinski definition) is 4. The van der Waals surface area contributed by atoms with Crippen molar-refractivity contribution in [3.63, 3.8) is 0 Å². The summed E-state index contributed by atoms with van der Waals surface area (Å²) in [5, 5.41) is 8.70. The van der Waals surface area contributed by atoms with Crippen molar-refractivity contribution in [1.82, 2.24) is 14.6 Å². The lowest BCUT2D eigenvalue weighted by Gasteiger charge is -2.38. The van der Waals surface area contributed by atoms with E-state index in [0.717, 1.165) is 0 Å². The van der Waals surface area contributed by atoms with Crippen LogP contribution in [0.3, 0.4) is 0 Å². The van der Waals surface area contributed by atoms with E-state index in [2.05, 4.69) is 9.71 Å². The molecule has 2 N–H and O–H groups in total. The third-order valence-corrected chi connectivity index (χ3v) is 4.78. The van der Waals surface area contributed by atoms with Crippen molar-refractivity contribution in [2.24, 2.45) is 0 Å². The standard InChI is InChI=1S/C10H12ClN3O4S/c11-9-8(2-1-4-12-9)19(17,18)13-6-7-3-5-14(7)10(15)16/h1-2,4,7,13H,3,5-6H2,(H,15,16). The molecule has 1 amide bonds. The molecule has 9 heteroatoms. The monoisotopic (exact) mass is 305 g/mol. The maximum atomic E-state index is 12.0. The molecular formula is C10H12ClN3O4S. The predicted octanol–water partition coefficient (Wildman–Crippen LogP) is 0.766. The molecule has 0 aromatic carbocycles. The Kier molecular flexibility index (Phi) is 3.93. The van der Waals surface area contributed by atoms with Gasteiger partial charge in [-0.15, -0.1) is 0 Å². The number of carbonyl (C=O) groups is 1. The van der Waals surface area contributed by atoms with E-state index in [4.69, 9.17) is 16.7 Å². The topological polar surface area (TPSA) is 99.6 Å². The average Bonchev–Trinajstić information content (AvgIpc) is 2.26. The molecule has 7 nitrogen and oxygen atoms in total. The SMILES string of the molecule is O=C(O)N1CCC1CNS(=O)(=O)c1cccnc1Cl. The second-order valence-electron chi connectivity index (χ2n) is 4.06. The van der Waals surface area contributed by atoms with Crippen molar-refractivity contribution in [2.75, 3.05) is 13.1 Å². The third-order valence-electron chi connectivity index (χ3n) is 2.91. The lowest BCUT2D eigenvalue weighted by atomic mass is 10.1. The molecule has 1 saturated heterocycles. The highest BCUT2D eigenvalue weighted by atomic mass is 35.5. The molecule has 1 atom stereocenters. The van der Waals surface area contributed by atoms with Crippen molar-refractivity contribution in [3.8, 4) is 0 Å². The number of sulfonamides is 1. The van der Waals surface area contributed by atoms with E-state index in [9.17, 15) is 13.2 Å². The number of halogens is 1. The highest BCUT2D eigenvalue weighted by Gasteiger charge is 2.33. The number of nitrogens with one attached hydrogen (secondary N) is 1. The van der Waals surface area contributed by atoms with Crippen LogP contribution in [0.15, 0.2) is 23.2 Å². The second-order valence-corrected chi connectivity index (χ2v) is 6.16. The summed E-state index contributed by atoms with van der Waals surface area (Å²) in [5.41, 5.74) is 0. The summed E-state index contributed by atoms with van der Waals surface area (Å²) in [7, 11) is -3.78. The summed E-state index contributed by atoms with van der Waals surface area (Å²) < 4.78 is 26.3. The first-order valence-corrected chi connectivity index (χ1v) is 7.37. The van der Waals surface area contributed by atoms with Gasteiger partial charge in [0, 0.05) is 19.3 Å². The summed E-state index contributed by atoms with van der Waals surface area (Å²) in [6.45, 7) is 0.454. The zero-order valence-electron chi connectivity index (χ0n) is 9.78. The average molecular weight is 306 g/mol. The Hall–Kier alpha value is -1.38. The molecule has 1 aromatic rings. The molecule has 1 unspecified atom stereocenters. The fraction of sp³-hybridized carbons (Fsp3) is 0.400. The first-order chi connectivity index (χ1) is 8.92. The van der Waals surface area contributed by atoms with Crippen LogP contribution < -0.4 is 4.72 Å². The molecule has 0 radical (unpaired) electrons. The molecular weight excluding hydrogens is 294 g/mol. The van der Waals surface area contributed by atoms with Crippen LogP contribution in [0.2, 0.25) is 5.15 Å². The number of hydrogen-bond donors (Lipinski definition) is 2. The number of amides is 1. The first kappa shape index (κ1) is 14.0. The Labute approximate surface area is 115 Å². The summed E-state index contributed by atoms with van der Waals surface area (Å²) in [4.78, 5) is 15.5. The van der Waals surface area contributed by atoms with Crippen LogP contribution in [0.5, 0.6) is 0 Å². The van der Waals surface area contributed by atoms with Gasteiger partial charge in [0.25, 0.3) is 0 Å². The molecule has 0 bridgehead atoms. The van der Waals surface area contributed by atoms with E-state index >= 15 is 0 Å². The fourth-order valence-electron chi connectivity index (χ4n) is 1.76. The Morgan fingerprint density at radius 3 is 2.89 bits per heavy atom. The molecule has 0 spiro atoms. The van der Waals surface area contributed by atoms with Gasteiger partial charge in [-0.2, -0.15) is 0 Å². The summed E-state index contributed by atoms with van der Waals surface area (Å²) in [5.74, 6) is 0. The van der Waals surface area contributed by atoms with Gasteiger partial charge in [0.15, 0.2) is 0 Å². The molecule has 1 aliphatic rings. The minimum Gasteiger partial charge on any atom is -0.465 e. The number of rotatable bonds is 4. The van der Waals surface area contributed by atoms with Crippen molar-refractivity contribution in [3.05, 3.63) is 23.5 Å². The second kappa shape index (κ2) is 5.32. The van der Waals surface area contributed by atoms with E-state index in [0.29, 0.717) is 13.0 Å². The van der Waals surface area contributed by atoms with Gasteiger partial charge < -0.3 is 10.0 Å².